The van der Waals surface area contributed by atoms with Gasteiger partial charge in [0.25, 0.3) is 5.56 Å². The lowest BCUT2D eigenvalue weighted by Crippen LogP contribution is -2.51. The zero-order valence-electron chi connectivity index (χ0n) is 16.9. The molecule has 4 aromatic heterocycles. The van der Waals surface area contributed by atoms with Gasteiger partial charge in [0.15, 0.2) is 5.58 Å². The van der Waals surface area contributed by atoms with Crippen LogP contribution in [0.3, 0.4) is 0 Å². The molecule has 154 valence electrons. The molecule has 0 bridgehead atoms. The van der Waals surface area contributed by atoms with Gasteiger partial charge in [0.05, 0.1) is 11.8 Å². The number of hydrogen-bond donors (Lipinski definition) is 0. The normalized spacial score (nSPS) is 15.8. The van der Waals surface area contributed by atoms with Crippen molar-refractivity contribution < 1.29 is 9.21 Å². The minimum absolute atomic E-state index is 0.107. The summed E-state index contributed by atoms with van der Waals surface area (Å²) in [5.74, 6) is 1.43. The van der Waals surface area contributed by atoms with Gasteiger partial charge in [0, 0.05) is 44.5 Å². The third kappa shape index (κ3) is 2.85. The van der Waals surface area contributed by atoms with E-state index in [1.165, 1.54) is 4.68 Å². The number of amides is 1. The van der Waals surface area contributed by atoms with Gasteiger partial charge in [0.2, 0.25) is 5.91 Å². The van der Waals surface area contributed by atoms with E-state index >= 15 is 0 Å². The Morgan fingerprint density at radius 2 is 1.93 bits per heavy atom. The monoisotopic (exact) mass is 406 g/mol. The van der Waals surface area contributed by atoms with Crippen LogP contribution in [0.5, 0.6) is 0 Å². The Labute approximate surface area is 172 Å². The highest BCUT2D eigenvalue weighted by Crippen LogP contribution is 2.21. The quantitative estimate of drug-likeness (QED) is 0.516. The van der Waals surface area contributed by atoms with E-state index in [2.05, 4.69) is 15.0 Å². The number of carbonyl (C=O) groups is 1. The number of anilines is 1. The van der Waals surface area contributed by atoms with Crippen molar-refractivity contribution in [1.29, 1.82) is 0 Å². The Morgan fingerprint density at radius 1 is 1.13 bits per heavy atom. The number of aromatic nitrogens is 4. The molecule has 30 heavy (non-hydrogen) atoms. The molecule has 0 aromatic carbocycles. The van der Waals surface area contributed by atoms with Crippen molar-refractivity contribution in [3.63, 3.8) is 0 Å². The lowest BCUT2D eigenvalue weighted by atomic mass is 10.2. The first kappa shape index (κ1) is 18.4. The van der Waals surface area contributed by atoms with Crippen LogP contribution < -0.4 is 10.5 Å². The van der Waals surface area contributed by atoms with Crippen LogP contribution in [-0.4, -0.2) is 56.2 Å². The van der Waals surface area contributed by atoms with Crippen molar-refractivity contribution in [3.05, 3.63) is 59.0 Å². The summed E-state index contributed by atoms with van der Waals surface area (Å²) < 4.78 is 8.47. The maximum absolute atomic E-state index is 13.1. The Kier molecular flexibility index (Phi) is 4.30. The van der Waals surface area contributed by atoms with Crippen molar-refractivity contribution in [2.75, 3.05) is 31.1 Å². The van der Waals surface area contributed by atoms with E-state index in [9.17, 15) is 9.59 Å². The molecular weight excluding hydrogens is 384 g/mol. The lowest BCUT2D eigenvalue weighted by molar-refractivity contribution is -0.135. The largest absolute Gasteiger partial charge is 0.463 e. The molecular formula is C21H22N6O3. The van der Waals surface area contributed by atoms with Gasteiger partial charge in [-0.25, -0.2) is 9.67 Å². The zero-order valence-corrected chi connectivity index (χ0v) is 16.9. The fraction of sp³-hybridized carbons (Fsp3) is 0.333. The van der Waals surface area contributed by atoms with Crippen LogP contribution in [0.15, 0.2) is 52.0 Å². The zero-order chi connectivity index (χ0) is 20.8. The molecule has 1 saturated heterocycles. The molecule has 5 rings (SSSR count). The Hall–Kier alpha value is -3.62. The van der Waals surface area contributed by atoms with E-state index in [0.29, 0.717) is 43.1 Å². The average molecular weight is 406 g/mol. The van der Waals surface area contributed by atoms with Gasteiger partial charge < -0.3 is 14.2 Å². The number of pyridine rings is 1. The third-order valence-corrected chi connectivity index (χ3v) is 5.72. The number of furan rings is 1. The second-order valence-corrected chi connectivity index (χ2v) is 7.51. The van der Waals surface area contributed by atoms with Crippen LogP contribution in [0.1, 0.15) is 18.8 Å². The number of fused-ring (bicyclic) bond motifs is 3. The molecule has 9 heteroatoms. The van der Waals surface area contributed by atoms with Crippen molar-refractivity contribution in [1.82, 2.24) is 24.1 Å². The SMILES string of the molecule is Cc1nn([C@@H](C)C(=O)N2CCN(c3ccccn3)CC2)c(=O)c2cc3occc3n12. The molecule has 1 atom stereocenters. The second-order valence-electron chi connectivity index (χ2n) is 7.51. The van der Waals surface area contributed by atoms with Gasteiger partial charge >= 0.3 is 0 Å². The first-order valence-corrected chi connectivity index (χ1v) is 9.97. The van der Waals surface area contributed by atoms with Gasteiger partial charge in [-0.15, -0.1) is 0 Å². The number of hydrogen-bond acceptors (Lipinski definition) is 6. The summed E-state index contributed by atoms with van der Waals surface area (Å²) in [7, 11) is 0. The minimum Gasteiger partial charge on any atom is -0.463 e. The number of nitrogens with zero attached hydrogens (tertiary/aromatic N) is 6. The van der Waals surface area contributed by atoms with Gasteiger partial charge in [-0.3, -0.25) is 14.0 Å². The molecule has 1 fully saturated rings. The Balaban J connectivity index is 1.39. The fourth-order valence-electron chi connectivity index (χ4n) is 4.12. The first-order chi connectivity index (χ1) is 14.5. The topological polar surface area (TPSA) is 88.9 Å². The summed E-state index contributed by atoms with van der Waals surface area (Å²) in [6.45, 7) is 6.10. The summed E-state index contributed by atoms with van der Waals surface area (Å²) in [6.07, 6.45) is 3.35. The molecule has 1 aliphatic heterocycles. The molecule has 0 unspecified atom stereocenters. The number of aryl methyl sites for hydroxylation is 1. The highest BCUT2D eigenvalue weighted by molar-refractivity contribution is 5.83. The highest BCUT2D eigenvalue weighted by Gasteiger charge is 2.28. The molecule has 0 radical (unpaired) electrons. The van der Waals surface area contributed by atoms with Gasteiger partial charge in [-0.05, 0) is 26.0 Å². The number of rotatable bonds is 3. The van der Waals surface area contributed by atoms with Gasteiger partial charge in [0.1, 0.15) is 23.2 Å². The molecule has 4 aromatic rings. The van der Waals surface area contributed by atoms with Crippen molar-refractivity contribution in [3.8, 4) is 0 Å². The standard InChI is InChI=1S/C21H22N6O3/c1-14(20(28)25-10-8-24(9-11-25)19-5-3-4-7-22-19)27-21(29)17-13-18-16(6-12-30-18)26(17)15(2)23-27/h3-7,12-14H,8-11H2,1-2H3/t14-/m0/s1. The lowest BCUT2D eigenvalue weighted by Gasteiger charge is -2.36. The smallest absolute Gasteiger partial charge is 0.291 e. The summed E-state index contributed by atoms with van der Waals surface area (Å²) >= 11 is 0. The predicted molar refractivity (Wildman–Crippen MR) is 112 cm³/mol. The average Bonchev–Trinajstić information content (AvgIpc) is 3.38. The van der Waals surface area contributed by atoms with E-state index in [4.69, 9.17) is 4.42 Å². The summed E-state index contributed by atoms with van der Waals surface area (Å²) in [5.41, 5.74) is 1.57. The van der Waals surface area contributed by atoms with E-state index in [1.807, 2.05) is 25.1 Å². The van der Waals surface area contributed by atoms with Crippen molar-refractivity contribution in [2.24, 2.45) is 0 Å². The molecule has 0 N–H and O–H groups in total. The maximum atomic E-state index is 13.1. The molecule has 5 heterocycles. The molecule has 9 nitrogen and oxygen atoms in total. The van der Waals surface area contributed by atoms with E-state index in [0.717, 1.165) is 11.3 Å². The first-order valence-electron chi connectivity index (χ1n) is 9.97. The molecule has 0 spiro atoms. The Morgan fingerprint density at radius 3 is 2.67 bits per heavy atom. The second kappa shape index (κ2) is 7.01. The number of carbonyl (C=O) groups excluding carboxylic acids is 1. The van der Waals surface area contributed by atoms with Gasteiger partial charge in [-0.2, -0.15) is 5.10 Å². The number of piperazine rings is 1. The van der Waals surface area contributed by atoms with E-state index in [1.54, 1.807) is 40.8 Å². The molecule has 0 saturated carbocycles. The van der Waals surface area contributed by atoms with Crippen LogP contribution in [-0.2, 0) is 4.79 Å². The van der Waals surface area contributed by atoms with Crippen LogP contribution >= 0.6 is 0 Å². The van der Waals surface area contributed by atoms with Crippen molar-refractivity contribution in [2.45, 2.75) is 19.9 Å². The molecule has 0 aliphatic carbocycles. The third-order valence-electron chi connectivity index (χ3n) is 5.72. The summed E-state index contributed by atoms with van der Waals surface area (Å²) in [5, 5.41) is 4.44. The van der Waals surface area contributed by atoms with Gasteiger partial charge in [-0.1, -0.05) is 6.07 Å². The minimum atomic E-state index is -0.691. The summed E-state index contributed by atoms with van der Waals surface area (Å²) in [6, 6.07) is 8.62. The predicted octanol–water partition coefficient (Wildman–Crippen LogP) is 1.86. The summed E-state index contributed by atoms with van der Waals surface area (Å²) in [4.78, 5) is 34.5. The van der Waals surface area contributed by atoms with Crippen LogP contribution in [0.25, 0.3) is 16.6 Å². The van der Waals surface area contributed by atoms with Crippen LogP contribution in [0.4, 0.5) is 5.82 Å². The van der Waals surface area contributed by atoms with E-state index in [-0.39, 0.29) is 11.5 Å². The highest BCUT2D eigenvalue weighted by atomic mass is 16.3. The van der Waals surface area contributed by atoms with E-state index < -0.39 is 6.04 Å². The maximum Gasteiger partial charge on any atom is 0.291 e. The Bertz CT molecular complexity index is 1280. The van der Waals surface area contributed by atoms with Crippen molar-refractivity contribution >= 4 is 28.3 Å². The van der Waals surface area contributed by atoms with Crippen LogP contribution in [0.2, 0.25) is 0 Å². The molecule has 1 amide bonds. The fourth-order valence-corrected chi connectivity index (χ4v) is 4.12. The van der Waals surface area contributed by atoms with Crippen LogP contribution in [0, 0.1) is 6.92 Å². The molecule has 1 aliphatic rings.